The van der Waals surface area contributed by atoms with Crippen LogP contribution >= 0.6 is 0 Å². The molecule has 0 spiro atoms. The minimum Gasteiger partial charge on any atom is -0.349 e. The third-order valence-corrected chi connectivity index (χ3v) is 2.96. The summed E-state index contributed by atoms with van der Waals surface area (Å²) >= 11 is 0. The molecule has 6 heteroatoms. The van der Waals surface area contributed by atoms with E-state index in [9.17, 15) is 18.0 Å². The second kappa shape index (κ2) is 4.61. The van der Waals surface area contributed by atoms with E-state index in [-0.39, 0.29) is 17.6 Å². The van der Waals surface area contributed by atoms with E-state index in [0.29, 0.717) is 12.8 Å². The summed E-state index contributed by atoms with van der Waals surface area (Å²) in [7, 11) is 0. The molecule has 3 N–H and O–H groups in total. The van der Waals surface area contributed by atoms with Gasteiger partial charge < -0.3 is 11.1 Å². The molecule has 0 saturated heterocycles. The van der Waals surface area contributed by atoms with E-state index in [0.717, 1.165) is 12.1 Å². The predicted molar refractivity (Wildman–Crippen MR) is 59.9 cm³/mol. The molecule has 0 unspecified atom stereocenters. The zero-order valence-corrected chi connectivity index (χ0v) is 9.50. The Morgan fingerprint density at radius 3 is 2.56 bits per heavy atom. The summed E-state index contributed by atoms with van der Waals surface area (Å²) < 4.78 is 37.4. The smallest absolute Gasteiger partial charge is 0.349 e. The molecule has 0 radical (unpaired) electrons. The quantitative estimate of drug-likeness (QED) is 0.851. The van der Waals surface area contributed by atoms with Crippen LogP contribution in [0.4, 0.5) is 13.2 Å². The largest absolute Gasteiger partial charge is 0.416 e. The summed E-state index contributed by atoms with van der Waals surface area (Å²) in [6, 6.07) is 4.44. The normalized spacial score (nSPS) is 23.3. The number of benzene rings is 1. The number of alkyl halides is 3. The maximum Gasteiger partial charge on any atom is 0.416 e. The van der Waals surface area contributed by atoms with Crippen LogP contribution in [0.15, 0.2) is 24.3 Å². The van der Waals surface area contributed by atoms with Crippen molar-refractivity contribution < 1.29 is 18.0 Å². The Bertz CT molecular complexity index is 453. The fraction of sp³-hybridized carbons (Fsp3) is 0.417. The van der Waals surface area contributed by atoms with Crippen LogP contribution < -0.4 is 11.1 Å². The highest BCUT2D eigenvalue weighted by molar-refractivity contribution is 5.94. The second-order valence-corrected chi connectivity index (χ2v) is 4.48. The van der Waals surface area contributed by atoms with Crippen molar-refractivity contribution in [2.24, 2.45) is 5.73 Å². The van der Waals surface area contributed by atoms with Crippen molar-refractivity contribution in [1.29, 1.82) is 0 Å². The summed E-state index contributed by atoms with van der Waals surface area (Å²) in [5.41, 5.74) is 4.76. The molecule has 0 heterocycles. The maximum atomic E-state index is 12.5. The summed E-state index contributed by atoms with van der Waals surface area (Å²) in [5, 5.41) is 2.66. The van der Waals surface area contributed by atoms with E-state index in [2.05, 4.69) is 5.32 Å². The lowest BCUT2D eigenvalue weighted by molar-refractivity contribution is -0.137. The molecule has 1 aromatic carbocycles. The number of carbonyl (C=O) groups is 1. The first kappa shape index (κ1) is 12.9. The van der Waals surface area contributed by atoms with E-state index in [1.807, 2.05) is 0 Å². The van der Waals surface area contributed by atoms with Crippen molar-refractivity contribution in [1.82, 2.24) is 5.32 Å². The fourth-order valence-corrected chi connectivity index (χ4v) is 1.89. The van der Waals surface area contributed by atoms with Gasteiger partial charge in [-0.1, -0.05) is 6.07 Å². The van der Waals surface area contributed by atoms with Gasteiger partial charge in [-0.05, 0) is 31.0 Å². The molecular formula is C12H13F3N2O. The van der Waals surface area contributed by atoms with E-state index in [4.69, 9.17) is 5.73 Å². The minimum atomic E-state index is -4.44. The first-order chi connectivity index (χ1) is 8.36. The van der Waals surface area contributed by atoms with Gasteiger partial charge in [0.25, 0.3) is 5.91 Å². The second-order valence-electron chi connectivity index (χ2n) is 4.48. The van der Waals surface area contributed by atoms with Gasteiger partial charge in [0.15, 0.2) is 0 Å². The summed E-state index contributed by atoms with van der Waals surface area (Å²) in [4.78, 5) is 11.7. The molecule has 0 bridgehead atoms. The van der Waals surface area contributed by atoms with Crippen molar-refractivity contribution in [2.75, 3.05) is 0 Å². The van der Waals surface area contributed by atoms with Gasteiger partial charge in [-0.3, -0.25) is 4.79 Å². The summed E-state index contributed by atoms with van der Waals surface area (Å²) in [6.07, 6.45) is -3.09. The number of hydrogen-bond acceptors (Lipinski definition) is 2. The Balaban J connectivity index is 2.06. The number of rotatable bonds is 2. The Hall–Kier alpha value is -1.56. The van der Waals surface area contributed by atoms with Gasteiger partial charge in [-0.2, -0.15) is 13.2 Å². The van der Waals surface area contributed by atoms with Gasteiger partial charge >= 0.3 is 6.18 Å². The molecule has 0 aliphatic heterocycles. The first-order valence-corrected chi connectivity index (χ1v) is 5.60. The van der Waals surface area contributed by atoms with Crippen molar-refractivity contribution in [3.63, 3.8) is 0 Å². The number of halogens is 3. The van der Waals surface area contributed by atoms with Gasteiger partial charge in [0.1, 0.15) is 0 Å². The molecule has 98 valence electrons. The van der Waals surface area contributed by atoms with E-state index < -0.39 is 17.6 Å². The van der Waals surface area contributed by atoms with Crippen LogP contribution in [0.1, 0.15) is 28.8 Å². The average Bonchev–Trinajstić information content (AvgIpc) is 2.26. The number of carbonyl (C=O) groups excluding carboxylic acids is 1. The molecular weight excluding hydrogens is 245 g/mol. The molecule has 1 aliphatic rings. The third-order valence-electron chi connectivity index (χ3n) is 2.96. The maximum absolute atomic E-state index is 12.5. The predicted octanol–water partition coefficient (Wildman–Crippen LogP) is 1.92. The fourth-order valence-electron chi connectivity index (χ4n) is 1.89. The molecule has 1 aromatic rings. The van der Waals surface area contributed by atoms with Gasteiger partial charge in [0.2, 0.25) is 0 Å². The monoisotopic (exact) mass is 258 g/mol. The highest BCUT2D eigenvalue weighted by Crippen LogP contribution is 2.29. The van der Waals surface area contributed by atoms with E-state index in [1.54, 1.807) is 0 Å². The summed E-state index contributed by atoms with van der Waals surface area (Å²) in [5.74, 6) is -0.488. The number of nitrogens with one attached hydrogen (secondary N) is 1. The van der Waals surface area contributed by atoms with Gasteiger partial charge in [0, 0.05) is 17.6 Å². The van der Waals surface area contributed by atoms with Gasteiger partial charge in [-0.25, -0.2) is 0 Å². The van der Waals surface area contributed by atoms with E-state index in [1.165, 1.54) is 12.1 Å². The number of hydrogen-bond donors (Lipinski definition) is 2. The first-order valence-electron chi connectivity index (χ1n) is 5.60. The van der Waals surface area contributed by atoms with Crippen LogP contribution in [0.2, 0.25) is 0 Å². The van der Waals surface area contributed by atoms with Crippen LogP contribution in [-0.4, -0.2) is 18.0 Å². The number of amides is 1. The lowest BCUT2D eigenvalue weighted by Gasteiger charge is -2.33. The van der Waals surface area contributed by atoms with Crippen molar-refractivity contribution in [3.05, 3.63) is 35.4 Å². The molecule has 0 aromatic heterocycles. The minimum absolute atomic E-state index is 0.0188. The Kier molecular flexibility index (Phi) is 3.30. The van der Waals surface area contributed by atoms with Crippen molar-refractivity contribution in [2.45, 2.75) is 31.1 Å². The number of nitrogens with two attached hydrogens (primary N) is 1. The van der Waals surface area contributed by atoms with Crippen molar-refractivity contribution in [3.8, 4) is 0 Å². The zero-order valence-electron chi connectivity index (χ0n) is 9.50. The molecule has 1 amide bonds. The molecule has 2 rings (SSSR count). The van der Waals surface area contributed by atoms with E-state index >= 15 is 0 Å². The van der Waals surface area contributed by atoms with Crippen LogP contribution in [0.5, 0.6) is 0 Å². The van der Waals surface area contributed by atoms with Crippen LogP contribution in [0.3, 0.4) is 0 Å². The van der Waals surface area contributed by atoms with Crippen molar-refractivity contribution >= 4 is 5.91 Å². The molecule has 1 fully saturated rings. The SMILES string of the molecule is NC1CC(NC(=O)c2cccc(C(F)(F)F)c2)C1. The molecule has 18 heavy (non-hydrogen) atoms. The Morgan fingerprint density at radius 1 is 1.33 bits per heavy atom. The molecule has 3 nitrogen and oxygen atoms in total. The van der Waals surface area contributed by atoms with Crippen LogP contribution in [0, 0.1) is 0 Å². The topological polar surface area (TPSA) is 55.1 Å². The van der Waals surface area contributed by atoms with Crippen LogP contribution in [-0.2, 0) is 6.18 Å². The highest BCUT2D eigenvalue weighted by Gasteiger charge is 2.31. The molecule has 0 atom stereocenters. The highest BCUT2D eigenvalue weighted by atomic mass is 19.4. The zero-order chi connectivity index (χ0) is 13.3. The third kappa shape index (κ3) is 2.81. The lowest BCUT2D eigenvalue weighted by atomic mass is 9.87. The standard InChI is InChI=1S/C12H13F3N2O/c13-12(14,15)8-3-1-2-7(4-8)11(18)17-10-5-9(16)6-10/h1-4,9-10H,5-6,16H2,(H,17,18). The lowest BCUT2D eigenvalue weighted by Crippen LogP contribution is -2.50. The average molecular weight is 258 g/mol. The Labute approximate surface area is 102 Å². The Morgan fingerprint density at radius 2 is 2.00 bits per heavy atom. The molecule has 1 saturated carbocycles. The molecule has 1 aliphatic carbocycles. The van der Waals surface area contributed by atoms with Crippen LogP contribution in [0.25, 0.3) is 0 Å². The summed E-state index contributed by atoms with van der Waals surface area (Å²) in [6.45, 7) is 0. The van der Waals surface area contributed by atoms with Gasteiger partial charge in [0.05, 0.1) is 5.56 Å². The van der Waals surface area contributed by atoms with Gasteiger partial charge in [-0.15, -0.1) is 0 Å².